The first-order chi connectivity index (χ1) is 8.72. The number of fused-ring (bicyclic) bond motifs is 2. The first-order valence-corrected chi connectivity index (χ1v) is 8.48. The van der Waals surface area contributed by atoms with Crippen LogP contribution in [-0.2, 0) is 0 Å². The molecular weight excluding hydrogens is 218 g/mol. The van der Waals surface area contributed by atoms with E-state index in [9.17, 15) is 0 Å². The van der Waals surface area contributed by atoms with Crippen LogP contribution < -0.4 is 5.32 Å². The fraction of sp³-hybridized carbons (Fsp3) is 1.00. The van der Waals surface area contributed by atoms with Gasteiger partial charge in [-0.25, -0.2) is 0 Å². The van der Waals surface area contributed by atoms with Crippen molar-refractivity contribution in [2.75, 3.05) is 0 Å². The molecule has 18 heavy (non-hydrogen) atoms. The fourth-order valence-electron chi connectivity index (χ4n) is 5.06. The van der Waals surface area contributed by atoms with Gasteiger partial charge in [0.15, 0.2) is 0 Å². The Balaban J connectivity index is 1.49. The van der Waals surface area contributed by atoms with Gasteiger partial charge >= 0.3 is 0 Å². The van der Waals surface area contributed by atoms with Crippen molar-refractivity contribution in [2.24, 2.45) is 23.7 Å². The molecule has 0 radical (unpaired) electrons. The van der Waals surface area contributed by atoms with Crippen molar-refractivity contribution in [3.05, 3.63) is 0 Å². The van der Waals surface area contributed by atoms with Gasteiger partial charge in [-0.3, -0.25) is 0 Å². The van der Waals surface area contributed by atoms with Crippen molar-refractivity contribution >= 4 is 0 Å². The molecule has 3 aliphatic carbocycles. The summed E-state index contributed by atoms with van der Waals surface area (Å²) < 4.78 is 0. The Morgan fingerprint density at radius 1 is 0.944 bits per heavy atom. The van der Waals surface area contributed by atoms with Crippen LogP contribution in [0.25, 0.3) is 0 Å². The molecule has 3 fully saturated rings. The summed E-state index contributed by atoms with van der Waals surface area (Å²) in [6, 6.07) is 1.60. The first-order valence-electron chi connectivity index (χ1n) is 8.48. The van der Waals surface area contributed by atoms with E-state index in [0.29, 0.717) is 0 Å². The average Bonchev–Trinajstić information content (AvgIpc) is 2.92. The van der Waals surface area contributed by atoms with Crippen molar-refractivity contribution < 1.29 is 0 Å². The predicted octanol–water partition coefficient (Wildman–Crippen LogP) is 4.37. The van der Waals surface area contributed by atoms with E-state index in [1.54, 1.807) is 6.42 Å². The van der Waals surface area contributed by atoms with Gasteiger partial charge < -0.3 is 5.32 Å². The lowest BCUT2D eigenvalue weighted by Crippen LogP contribution is -2.42. The standard InChI is InChI=1S/C17H31N/c1-12-4-3-5-16(9-6-12)18-13(2)17-11-14-7-8-15(17)10-14/h12-18H,3-11H2,1-2H3. The molecule has 1 heteroatoms. The summed E-state index contributed by atoms with van der Waals surface area (Å²) in [5, 5.41) is 4.01. The maximum atomic E-state index is 4.01. The molecule has 6 atom stereocenters. The molecule has 0 aliphatic heterocycles. The van der Waals surface area contributed by atoms with E-state index in [1.807, 2.05) is 0 Å². The highest BCUT2D eigenvalue weighted by Crippen LogP contribution is 2.49. The summed E-state index contributed by atoms with van der Waals surface area (Å²) in [7, 11) is 0. The molecule has 0 aromatic rings. The van der Waals surface area contributed by atoms with Crippen LogP contribution in [0.3, 0.4) is 0 Å². The van der Waals surface area contributed by atoms with Crippen molar-refractivity contribution in [1.82, 2.24) is 5.32 Å². The van der Waals surface area contributed by atoms with Gasteiger partial charge in [0.2, 0.25) is 0 Å². The van der Waals surface area contributed by atoms with Crippen LogP contribution >= 0.6 is 0 Å². The van der Waals surface area contributed by atoms with Crippen LogP contribution in [-0.4, -0.2) is 12.1 Å². The van der Waals surface area contributed by atoms with Crippen LogP contribution in [0.2, 0.25) is 0 Å². The third-order valence-electron chi connectivity index (χ3n) is 6.19. The van der Waals surface area contributed by atoms with E-state index in [1.165, 1.54) is 51.4 Å². The Hall–Kier alpha value is -0.0400. The van der Waals surface area contributed by atoms with E-state index in [-0.39, 0.29) is 0 Å². The van der Waals surface area contributed by atoms with Gasteiger partial charge in [-0.1, -0.05) is 26.2 Å². The summed E-state index contributed by atoms with van der Waals surface area (Å²) >= 11 is 0. The lowest BCUT2D eigenvalue weighted by atomic mass is 9.83. The Morgan fingerprint density at radius 2 is 1.83 bits per heavy atom. The van der Waals surface area contributed by atoms with Gasteiger partial charge in [0, 0.05) is 12.1 Å². The fourth-order valence-corrected chi connectivity index (χ4v) is 5.06. The minimum atomic E-state index is 0.777. The summed E-state index contributed by atoms with van der Waals surface area (Å²) in [5.74, 6) is 4.14. The maximum absolute atomic E-state index is 4.01. The number of hydrogen-bond acceptors (Lipinski definition) is 1. The van der Waals surface area contributed by atoms with Crippen molar-refractivity contribution in [3.8, 4) is 0 Å². The Bertz CT molecular complexity index is 275. The van der Waals surface area contributed by atoms with Gasteiger partial charge in [0.1, 0.15) is 0 Å². The molecule has 0 spiro atoms. The van der Waals surface area contributed by atoms with E-state index in [4.69, 9.17) is 0 Å². The minimum absolute atomic E-state index is 0.777. The molecule has 2 bridgehead atoms. The molecule has 3 aliphatic rings. The highest BCUT2D eigenvalue weighted by Gasteiger charge is 2.42. The third kappa shape index (κ3) is 2.76. The van der Waals surface area contributed by atoms with E-state index < -0.39 is 0 Å². The first kappa shape index (κ1) is 13.0. The smallest absolute Gasteiger partial charge is 0.00723 e. The van der Waals surface area contributed by atoms with Crippen LogP contribution in [0.15, 0.2) is 0 Å². The second kappa shape index (κ2) is 5.53. The zero-order valence-corrected chi connectivity index (χ0v) is 12.3. The molecular formula is C17H31N. The van der Waals surface area contributed by atoms with Gasteiger partial charge in [0.05, 0.1) is 0 Å². The molecule has 3 saturated carbocycles. The molecule has 1 N–H and O–H groups in total. The summed E-state index contributed by atoms with van der Waals surface area (Å²) in [5.41, 5.74) is 0. The van der Waals surface area contributed by atoms with Gasteiger partial charge in [-0.2, -0.15) is 0 Å². The van der Waals surface area contributed by atoms with Crippen molar-refractivity contribution in [1.29, 1.82) is 0 Å². The van der Waals surface area contributed by atoms with E-state index >= 15 is 0 Å². The van der Waals surface area contributed by atoms with Crippen LogP contribution in [0.4, 0.5) is 0 Å². The van der Waals surface area contributed by atoms with E-state index in [2.05, 4.69) is 19.2 Å². The van der Waals surface area contributed by atoms with Gasteiger partial charge in [-0.05, 0) is 69.1 Å². The highest BCUT2D eigenvalue weighted by atomic mass is 15.0. The molecule has 0 aromatic heterocycles. The normalized spacial score (nSPS) is 46.0. The molecule has 0 heterocycles. The van der Waals surface area contributed by atoms with Gasteiger partial charge in [-0.15, -0.1) is 0 Å². The second-order valence-corrected chi connectivity index (χ2v) is 7.60. The van der Waals surface area contributed by atoms with Gasteiger partial charge in [0.25, 0.3) is 0 Å². The number of rotatable bonds is 3. The molecule has 0 amide bonds. The Kier molecular flexibility index (Phi) is 3.98. The largest absolute Gasteiger partial charge is 0.311 e. The molecule has 104 valence electrons. The van der Waals surface area contributed by atoms with Crippen molar-refractivity contribution in [3.63, 3.8) is 0 Å². The maximum Gasteiger partial charge on any atom is 0.00723 e. The second-order valence-electron chi connectivity index (χ2n) is 7.60. The zero-order valence-electron chi connectivity index (χ0n) is 12.3. The lowest BCUT2D eigenvalue weighted by Gasteiger charge is -2.32. The van der Waals surface area contributed by atoms with E-state index in [0.717, 1.165) is 35.8 Å². The summed E-state index contributed by atoms with van der Waals surface area (Å²) in [6.45, 7) is 4.90. The predicted molar refractivity (Wildman–Crippen MR) is 77.6 cm³/mol. The molecule has 0 aromatic carbocycles. The SMILES string of the molecule is CC1CCCC(NC(C)C2CC3CCC2C3)CC1. The topological polar surface area (TPSA) is 12.0 Å². The average molecular weight is 249 g/mol. The van der Waals surface area contributed by atoms with Crippen molar-refractivity contribution in [2.45, 2.75) is 83.7 Å². The van der Waals surface area contributed by atoms with Crippen LogP contribution in [0, 0.1) is 23.7 Å². The highest BCUT2D eigenvalue weighted by molar-refractivity contribution is 4.94. The number of hydrogen-bond donors (Lipinski definition) is 1. The minimum Gasteiger partial charge on any atom is -0.311 e. The Morgan fingerprint density at radius 3 is 2.56 bits per heavy atom. The monoisotopic (exact) mass is 249 g/mol. The van der Waals surface area contributed by atoms with Crippen LogP contribution in [0.5, 0.6) is 0 Å². The third-order valence-corrected chi connectivity index (χ3v) is 6.19. The molecule has 0 saturated heterocycles. The lowest BCUT2D eigenvalue weighted by molar-refractivity contribution is 0.238. The quantitative estimate of drug-likeness (QED) is 0.732. The molecule has 6 unspecified atom stereocenters. The number of nitrogens with one attached hydrogen (secondary N) is 1. The summed E-state index contributed by atoms with van der Waals surface area (Å²) in [6.07, 6.45) is 13.4. The zero-order chi connectivity index (χ0) is 12.5. The molecule has 3 rings (SSSR count). The van der Waals surface area contributed by atoms with Crippen LogP contribution in [0.1, 0.15) is 71.6 Å². The Labute approximate surface area is 113 Å². The summed E-state index contributed by atoms with van der Waals surface area (Å²) in [4.78, 5) is 0. The molecule has 1 nitrogen and oxygen atoms in total.